The van der Waals surface area contributed by atoms with Gasteiger partial charge in [-0.3, -0.25) is 14.0 Å². The quantitative estimate of drug-likeness (QED) is 0.596. The van der Waals surface area contributed by atoms with Crippen molar-refractivity contribution in [2.45, 2.75) is 56.7 Å². The molecule has 1 amide bonds. The summed E-state index contributed by atoms with van der Waals surface area (Å²) in [6.07, 6.45) is 7.69. The Morgan fingerprint density at radius 2 is 2.10 bits per heavy atom. The Morgan fingerprint density at radius 1 is 1.31 bits per heavy atom. The minimum Gasteiger partial charge on any atom is -0.343 e. The molecule has 0 saturated heterocycles. The Bertz CT molecular complexity index is 1050. The Balaban J connectivity index is 1.40. The lowest BCUT2D eigenvalue weighted by atomic mass is 9.89. The van der Waals surface area contributed by atoms with Crippen molar-refractivity contribution in [3.8, 4) is 0 Å². The van der Waals surface area contributed by atoms with Crippen molar-refractivity contribution >= 4 is 34.0 Å². The van der Waals surface area contributed by atoms with Gasteiger partial charge in [-0.25, -0.2) is 4.98 Å². The highest BCUT2D eigenvalue weighted by molar-refractivity contribution is 7.99. The van der Waals surface area contributed by atoms with E-state index < -0.39 is 5.54 Å². The highest BCUT2D eigenvalue weighted by atomic mass is 32.2. The van der Waals surface area contributed by atoms with Gasteiger partial charge in [-0.15, -0.1) is 23.1 Å². The zero-order chi connectivity index (χ0) is 20.3. The molecule has 1 aliphatic carbocycles. The number of carbonyl (C=O) groups is 1. The number of carbonyl (C=O) groups excluding carboxylic acids is 1. The largest absolute Gasteiger partial charge is 0.343 e. The van der Waals surface area contributed by atoms with Gasteiger partial charge in [-0.2, -0.15) is 4.98 Å². The molecule has 1 saturated carbocycles. The molecule has 3 heterocycles. The van der Waals surface area contributed by atoms with Crippen LogP contribution < -0.4 is 10.9 Å². The maximum Gasteiger partial charge on any atom is 0.258 e. The molecule has 0 atom stereocenters. The van der Waals surface area contributed by atoms with E-state index in [-0.39, 0.29) is 17.2 Å². The molecule has 29 heavy (non-hydrogen) atoms. The van der Waals surface area contributed by atoms with E-state index in [1.165, 1.54) is 33.6 Å². The molecule has 0 aromatic carbocycles. The molecule has 154 valence electrons. The molecule has 10 heteroatoms. The molecule has 0 radical (unpaired) electrons. The topological polar surface area (TPSA) is 102 Å². The summed E-state index contributed by atoms with van der Waals surface area (Å²) in [5, 5.41) is 9.14. The standard InChI is InChI=1S/C19H23N5O3S2/c1-13-20-17(23-27-13)19(6-4-2-3-5-7-19)22-15(25)12-28-11-14-10-16(26)24-8-9-29-18(24)21-14/h8-10H,2-7,11-12H2,1H3,(H,22,25). The number of fused-ring (bicyclic) bond motifs is 1. The first-order valence-electron chi connectivity index (χ1n) is 9.71. The van der Waals surface area contributed by atoms with Gasteiger partial charge >= 0.3 is 0 Å². The second kappa shape index (κ2) is 8.66. The van der Waals surface area contributed by atoms with Crippen molar-refractivity contribution < 1.29 is 9.32 Å². The minimum absolute atomic E-state index is 0.0618. The van der Waals surface area contributed by atoms with Crippen molar-refractivity contribution in [2.24, 2.45) is 0 Å². The van der Waals surface area contributed by atoms with Crippen LogP contribution in [0.2, 0.25) is 0 Å². The van der Waals surface area contributed by atoms with Gasteiger partial charge in [0.25, 0.3) is 5.56 Å². The number of aromatic nitrogens is 4. The van der Waals surface area contributed by atoms with Crippen LogP contribution in [0.4, 0.5) is 0 Å². The summed E-state index contributed by atoms with van der Waals surface area (Å²) in [4.78, 5) is 34.4. The van der Waals surface area contributed by atoms with Crippen LogP contribution >= 0.6 is 23.1 Å². The first-order chi connectivity index (χ1) is 14.1. The first-order valence-corrected chi connectivity index (χ1v) is 11.7. The van der Waals surface area contributed by atoms with Crippen LogP contribution in [0.15, 0.2) is 27.0 Å². The van der Waals surface area contributed by atoms with E-state index in [1.807, 2.05) is 5.38 Å². The zero-order valence-electron chi connectivity index (χ0n) is 16.2. The Kier molecular flexibility index (Phi) is 6.00. The van der Waals surface area contributed by atoms with Crippen molar-refractivity contribution in [2.75, 3.05) is 5.75 Å². The second-order valence-corrected chi connectivity index (χ2v) is 9.17. The lowest BCUT2D eigenvalue weighted by molar-refractivity contribution is -0.120. The van der Waals surface area contributed by atoms with Gasteiger partial charge in [-0.1, -0.05) is 30.8 Å². The average Bonchev–Trinajstić information content (AvgIpc) is 3.27. The number of amides is 1. The Labute approximate surface area is 176 Å². The summed E-state index contributed by atoms with van der Waals surface area (Å²) in [6, 6.07) is 1.53. The molecule has 0 bridgehead atoms. The molecule has 8 nitrogen and oxygen atoms in total. The van der Waals surface area contributed by atoms with E-state index in [0.717, 1.165) is 38.5 Å². The fraction of sp³-hybridized carbons (Fsp3) is 0.526. The third-order valence-corrected chi connectivity index (χ3v) is 6.85. The third kappa shape index (κ3) is 4.53. The first kappa shape index (κ1) is 20.1. The van der Waals surface area contributed by atoms with Gasteiger partial charge < -0.3 is 9.84 Å². The van der Waals surface area contributed by atoms with Crippen LogP contribution in [0.5, 0.6) is 0 Å². The molecule has 1 fully saturated rings. The number of thioether (sulfide) groups is 1. The normalized spacial score (nSPS) is 16.6. The summed E-state index contributed by atoms with van der Waals surface area (Å²) < 4.78 is 6.71. The van der Waals surface area contributed by atoms with E-state index in [0.29, 0.717) is 28.1 Å². The minimum atomic E-state index is -0.557. The van der Waals surface area contributed by atoms with Crippen LogP contribution in [-0.2, 0) is 16.1 Å². The van der Waals surface area contributed by atoms with Gasteiger partial charge in [0.05, 0.1) is 11.4 Å². The van der Waals surface area contributed by atoms with Crippen molar-refractivity contribution in [1.29, 1.82) is 0 Å². The molecule has 3 aromatic heterocycles. The number of aryl methyl sites for hydroxylation is 1. The number of hydrogen-bond donors (Lipinski definition) is 1. The molecule has 4 rings (SSSR count). The SMILES string of the molecule is Cc1nc(C2(NC(=O)CSCc3cc(=O)n4ccsc4n3)CCCCCC2)no1. The van der Waals surface area contributed by atoms with Crippen LogP contribution in [0, 0.1) is 6.92 Å². The number of thiazole rings is 1. The fourth-order valence-corrected chi connectivity index (χ4v) is 5.20. The zero-order valence-corrected chi connectivity index (χ0v) is 17.9. The van der Waals surface area contributed by atoms with Crippen LogP contribution in [0.25, 0.3) is 4.96 Å². The molecular weight excluding hydrogens is 410 g/mol. The summed E-state index contributed by atoms with van der Waals surface area (Å²) in [5.74, 6) is 1.81. The van der Waals surface area contributed by atoms with Crippen molar-refractivity contribution in [3.63, 3.8) is 0 Å². The van der Waals surface area contributed by atoms with Gasteiger partial charge in [0.2, 0.25) is 11.8 Å². The Morgan fingerprint density at radius 3 is 2.83 bits per heavy atom. The van der Waals surface area contributed by atoms with E-state index >= 15 is 0 Å². The lowest BCUT2D eigenvalue weighted by Gasteiger charge is -2.30. The Hall–Kier alpha value is -2.20. The van der Waals surface area contributed by atoms with Gasteiger partial charge in [0.15, 0.2) is 10.8 Å². The predicted octanol–water partition coefficient (Wildman–Crippen LogP) is 3.05. The summed E-state index contributed by atoms with van der Waals surface area (Å²) >= 11 is 2.87. The van der Waals surface area contributed by atoms with E-state index in [4.69, 9.17) is 4.52 Å². The summed E-state index contributed by atoms with van der Waals surface area (Å²) in [6.45, 7) is 1.76. The smallest absolute Gasteiger partial charge is 0.258 e. The summed E-state index contributed by atoms with van der Waals surface area (Å²) in [7, 11) is 0. The van der Waals surface area contributed by atoms with Crippen LogP contribution in [0.1, 0.15) is 55.9 Å². The predicted molar refractivity (Wildman–Crippen MR) is 112 cm³/mol. The monoisotopic (exact) mass is 433 g/mol. The second-order valence-electron chi connectivity index (χ2n) is 7.32. The maximum atomic E-state index is 12.7. The molecule has 0 unspecified atom stereocenters. The van der Waals surface area contributed by atoms with E-state index in [9.17, 15) is 9.59 Å². The number of nitrogens with zero attached hydrogens (tertiary/aromatic N) is 4. The number of hydrogen-bond acceptors (Lipinski definition) is 8. The maximum absolute atomic E-state index is 12.7. The lowest BCUT2D eigenvalue weighted by Crippen LogP contribution is -2.47. The van der Waals surface area contributed by atoms with E-state index in [2.05, 4.69) is 20.4 Å². The van der Waals surface area contributed by atoms with Gasteiger partial charge in [-0.05, 0) is 12.8 Å². The summed E-state index contributed by atoms with van der Waals surface area (Å²) in [5.41, 5.74) is 0.0354. The van der Waals surface area contributed by atoms with E-state index in [1.54, 1.807) is 13.1 Å². The highest BCUT2D eigenvalue weighted by Crippen LogP contribution is 2.34. The highest BCUT2D eigenvalue weighted by Gasteiger charge is 2.38. The third-order valence-electron chi connectivity index (χ3n) is 5.13. The molecule has 3 aromatic rings. The van der Waals surface area contributed by atoms with Crippen LogP contribution in [-0.4, -0.2) is 31.2 Å². The average molecular weight is 434 g/mol. The molecule has 1 aliphatic rings. The molecular formula is C19H23N5O3S2. The molecule has 1 N–H and O–H groups in total. The molecule has 0 aliphatic heterocycles. The fourth-order valence-electron chi connectivity index (χ4n) is 3.74. The molecule has 0 spiro atoms. The van der Waals surface area contributed by atoms with Gasteiger partial charge in [0, 0.05) is 30.3 Å². The van der Waals surface area contributed by atoms with Crippen LogP contribution in [0.3, 0.4) is 0 Å². The van der Waals surface area contributed by atoms with Crippen molar-refractivity contribution in [3.05, 3.63) is 45.4 Å². The van der Waals surface area contributed by atoms with Gasteiger partial charge in [0.1, 0.15) is 5.54 Å². The van der Waals surface area contributed by atoms with Crippen molar-refractivity contribution in [1.82, 2.24) is 24.8 Å². The number of rotatable bonds is 6. The number of nitrogens with one attached hydrogen (secondary N) is 1.